The lowest BCUT2D eigenvalue weighted by atomic mass is 10.1. The van der Waals surface area contributed by atoms with E-state index in [0.717, 1.165) is 28.0 Å². The molecule has 0 radical (unpaired) electrons. The van der Waals surface area contributed by atoms with E-state index in [0.29, 0.717) is 4.90 Å². The van der Waals surface area contributed by atoms with Crippen LogP contribution in [0.5, 0.6) is 5.75 Å². The number of ether oxygens (including phenoxy) is 1. The zero-order valence-electron chi connectivity index (χ0n) is 14.0. The molecule has 0 saturated carbocycles. The highest BCUT2D eigenvalue weighted by molar-refractivity contribution is 7.89. The summed E-state index contributed by atoms with van der Waals surface area (Å²) in [6.45, 7) is 8.20. The Morgan fingerprint density at radius 2 is 1.61 bits per heavy atom. The average Bonchev–Trinajstić information content (AvgIpc) is 2.45. The molecule has 124 valence electrons. The predicted octanol–water partition coefficient (Wildman–Crippen LogP) is 3.28. The molecule has 0 fully saturated rings. The van der Waals surface area contributed by atoms with Gasteiger partial charge in [-0.05, 0) is 50.5 Å². The SMILES string of the molecule is Cc1ccc(S(=O)(=O)NCCOc2c(C)cccc2C)c(C)c1. The molecule has 0 spiro atoms. The lowest BCUT2D eigenvalue weighted by Gasteiger charge is -2.13. The number of rotatable bonds is 6. The molecule has 0 unspecified atom stereocenters. The predicted molar refractivity (Wildman–Crippen MR) is 92.5 cm³/mol. The van der Waals surface area contributed by atoms with Gasteiger partial charge in [-0.25, -0.2) is 13.1 Å². The van der Waals surface area contributed by atoms with E-state index in [4.69, 9.17) is 4.74 Å². The first-order valence-electron chi connectivity index (χ1n) is 7.57. The molecule has 0 aromatic heterocycles. The standard InChI is InChI=1S/C18H23NO3S/c1-13-8-9-17(16(4)12-13)23(20,21)19-10-11-22-18-14(2)6-5-7-15(18)3/h5-9,12,19H,10-11H2,1-4H3. The van der Waals surface area contributed by atoms with Crippen molar-refractivity contribution in [1.29, 1.82) is 0 Å². The minimum absolute atomic E-state index is 0.226. The Kier molecular flexibility index (Phi) is 5.44. The molecular formula is C18H23NO3S. The van der Waals surface area contributed by atoms with E-state index in [9.17, 15) is 8.42 Å². The Balaban J connectivity index is 1.98. The fraction of sp³-hybridized carbons (Fsp3) is 0.333. The molecule has 2 aromatic rings. The minimum Gasteiger partial charge on any atom is -0.492 e. The first-order valence-corrected chi connectivity index (χ1v) is 9.05. The van der Waals surface area contributed by atoms with Gasteiger partial charge < -0.3 is 4.74 Å². The highest BCUT2D eigenvalue weighted by Gasteiger charge is 2.16. The van der Waals surface area contributed by atoms with E-state index in [1.165, 1.54) is 0 Å². The number of hydrogen-bond acceptors (Lipinski definition) is 3. The summed E-state index contributed by atoms with van der Waals surface area (Å²) in [5.74, 6) is 0.818. The van der Waals surface area contributed by atoms with Crippen LogP contribution in [-0.4, -0.2) is 21.6 Å². The minimum atomic E-state index is -3.51. The highest BCUT2D eigenvalue weighted by Crippen LogP contribution is 2.22. The van der Waals surface area contributed by atoms with Crippen LogP contribution in [0.3, 0.4) is 0 Å². The molecule has 0 aliphatic carbocycles. The summed E-state index contributed by atoms with van der Waals surface area (Å²) in [6, 6.07) is 11.2. The third-order valence-corrected chi connectivity index (χ3v) is 5.29. The summed E-state index contributed by atoms with van der Waals surface area (Å²) in [6.07, 6.45) is 0. The Morgan fingerprint density at radius 1 is 0.957 bits per heavy atom. The molecule has 2 rings (SSSR count). The zero-order chi connectivity index (χ0) is 17.0. The molecular weight excluding hydrogens is 310 g/mol. The smallest absolute Gasteiger partial charge is 0.240 e. The molecule has 0 amide bonds. The van der Waals surface area contributed by atoms with Crippen molar-refractivity contribution in [2.24, 2.45) is 0 Å². The van der Waals surface area contributed by atoms with Crippen LogP contribution in [0.1, 0.15) is 22.3 Å². The molecule has 0 bridgehead atoms. The van der Waals surface area contributed by atoms with E-state index in [1.807, 2.05) is 45.0 Å². The normalized spacial score (nSPS) is 11.5. The van der Waals surface area contributed by atoms with Crippen molar-refractivity contribution in [3.8, 4) is 5.75 Å². The fourth-order valence-corrected chi connectivity index (χ4v) is 3.77. The molecule has 4 nitrogen and oxygen atoms in total. The van der Waals surface area contributed by atoms with Crippen molar-refractivity contribution in [3.05, 3.63) is 58.7 Å². The molecule has 0 aliphatic rings. The number of para-hydroxylation sites is 1. The third-order valence-electron chi connectivity index (χ3n) is 3.67. The van der Waals surface area contributed by atoms with E-state index in [1.54, 1.807) is 19.1 Å². The average molecular weight is 333 g/mol. The van der Waals surface area contributed by atoms with E-state index in [2.05, 4.69) is 4.72 Å². The maximum absolute atomic E-state index is 12.3. The first kappa shape index (κ1) is 17.5. The molecule has 23 heavy (non-hydrogen) atoms. The van der Waals surface area contributed by atoms with Crippen molar-refractivity contribution < 1.29 is 13.2 Å². The van der Waals surface area contributed by atoms with Crippen LogP contribution < -0.4 is 9.46 Å². The van der Waals surface area contributed by atoms with Crippen molar-refractivity contribution in [2.45, 2.75) is 32.6 Å². The third kappa shape index (κ3) is 4.33. The summed E-state index contributed by atoms with van der Waals surface area (Å²) < 4.78 is 33.0. The molecule has 2 aromatic carbocycles. The van der Waals surface area contributed by atoms with Gasteiger partial charge in [-0.1, -0.05) is 35.9 Å². The van der Waals surface area contributed by atoms with E-state index < -0.39 is 10.0 Å². The second-order valence-corrected chi connectivity index (χ2v) is 7.47. The van der Waals surface area contributed by atoms with Crippen molar-refractivity contribution in [1.82, 2.24) is 4.72 Å². The summed E-state index contributed by atoms with van der Waals surface area (Å²) in [5.41, 5.74) is 3.87. The Morgan fingerprint density at radius 3 is 2.22 bits per heavy atom. The van der Waals surface area contributed by atoms with Gasteiger partial charge in [0.2, 0.25) is 10.0 Å². The summed E-state index contributed by atoms with van der Waals surface area (Å²) in [5, 5.41) is 0. The lowest BCUT2D eigenvalue weighted by molar-refractivity contribution is 0.318. The quantitative estimate of drug-likeness (QED) is 0.826. The second-order valence-electron chi connectivity index (χ2n) is 5.74. The largest absolute Gasteiger partial charge is 0.492 e. The molecule has 0 saturated heterocycles. The molecule has 5 heteroatoms. The monoisotopic (exact) mass is 333 g/mol. The Labute approximate surface area is 138 Å². The van der Waals surface area contributed by atoms with Crippen LogP contribution in [0.4, 0.5) is 0 Å². The van der Waals surface area contributed by atoms with Gasteiger partial charge in [0.25, 0.3) is 0 Å². The number of sulfonamides is 1. The van der Waals surface area contributed by atoms with Gasteiger partial charge in [-0.15, -0.1) is 0 Å². The van der Waals surface area contributed by atoms with E-state index in [-0.39, 0.29) is 13.2 Å². The van der Waals surface area contributed by atoms with Gasteiger partial charge in [0, 0.05) is 6.54 Å². The van der Waals surface area contributed by atoms with E-state index >= 15 is 0 Å². The maximum atomic E-state index is 12.3. The molecule has 0 atom stereocenters. The highest BCUT2D eigenvalue weighted by atomic mass is 32.2. The lowest BCUT2D eigenvalue weighted by Crippen LogP contribution is -2.29. The van der Waals surface area contributed by atoms with Gasteiger partial charge in [-0.3, -0.25) is 0 Å². The van der Waals surface area contributed by atoms with Gasteiger partial charge in [0.15, 0.2) is 0 Å². The van der Waals surface area contributed by atoms with Crippen LogP contribution in [0.25, 0.3) is 0 Å². The van der Waals surface area contributed by atoms with Crippen LogP contribution in [0.2, 0.25) is 0 Å². The number of hydrogen-bond donors (Lipinski definition) is 1. The molecule has 1 N–H and O–H groups in total. The van der Waals surface area contributed by atoms with Crippen LogP contribution in [0.15, 0.2) is 41.3 Å². The van der Waals surface area contributed by atoms with Crippen LogP contribution in [0, 0.1) is 27.7 Å². The van der Waals surface area contributed by atoms with Crippen molar-refractivity contribution in [3.63, 3.8) is 0 Å². The summed E-state index contributed by atoms with van der Waals surface area (Å²) in [7, 11) is -3.51. The number of aryl methyl sites for hydroxylation is 4. The van der Waals surface area contributed by atoms with Gasteiger partial charge in [0.1, 0.15) is 12.4 Å². The van der Waals surface area contributed by atoms with Crippen LogP contribution in [-0.2, 0) is 10.0 Å². The van der Waals surface area contributed by atoms with Gasteiger partial charge in [0.05, 0.1) is 4.90 Å². The molecule has 0 heterocycles. The topological polar surface area (TPSA) is 55.4 Å². The van der Waals surface area contributed by atoms with Crippen molar-refractivity contribution in [2.75, 3.05) is 13.2 Å². The Hall–Kier alpha value is -1.85. The summed E-state index contributed by atoms with van der Waals surface area (Å²) in [4.78, 5) is 0.315. The number of benzene rings is 2. The number of nitrogens with one attached hydrogen (secondary N) is 1. The first-order chi connectivity index (χ1) is 10.8. The maximum Gasteiger partial charge on any atom is 0.240 e. The van der Waals surface area contributed by atoms with Crippen LogP contribution >= 0.6 is 0 Å². The molecule has 0 aliphatic heterocycles. The van der Waals surface area contributed by atoms with Crippen molar-refractivity contribution >= 4 is 10.0 Å². The summed E-state index contributed by atoms with van der Waals surface area (Å²) >= 11 is 0. The van der Waals surface area contributed by atoms with Gasteiger partial charge in [-0.2, -0.15) is 0 Å². The second kappa shape index (κ2) is 7.15. The zero-order valence-corrected chi connectivity index (χ0v) is 14.8. The Bertz CT molecular complexity index is 778. The van der Waals surface area contributed by atoms with Gasteiger partial charge >= 0.3 is 0 Å². The fourth-order valence-electron chi connectivity index (χ4n) is 2.53.